The molecule has 1 rings (SSSR count). The van der Waals surface area contributed by atoms with Crippen molar-refractivity contribution in [3.63, 3.8) is 0 Å². The van der Waals surface area contributed by atoms with E-state index in [1.54, 1.807) is 0 Å². The molecule has 1 aromatic rings. The molecule has 1 aromatic carbocycles. The maximum atomic E-state index is 6.20. The molecule has 1 heteroatoms. The minimum atomic E-state index is -0.164. The van der Waals surface area contributed by atoms with E-state index in [0.717, 1.165) is 12.8 Å². The first-order valence-corrected chi connectivity index (χ1v) is 4.92. The van der Waals surface area contributed by atoms with E-state index in [1.807, 2.05) is 0 Å². The standard InChI is InChI=1S/C12H19N/c1-4-9-12(3,13)11-7-5-10(2)6-8-11/h5-8H,4,9,13H2,1-3H3. The van der Waals surface area contributed by atoms with Crippen LogP contribution in [0, 0.1) is 6.92 Å². The van der Waals surface area contributed by atoms with Gasteiger partial charge in [0.05, 0.1) is 0 Å². The van der Waals surface area contributed by atoms with Crippen LogP contribution in [0.3, 0.4) is 0 Å². The van der Waals surface area contributed by atoms with Crippen molar-refractivity contribution in [1.82, 2.24) is 0 Å². The number of rotatable bonds is 3. The summed E-state index contributed by atoms with van der Waals surface area (Å²) in [5, 5.41) is 0. The van der Waals surface area contributed by atoms with E-state index in [2.05, 4.69) is 45.0 Å². The van der Waals surface area contributed by atoms with Gasteiger partial charge in [0.15, 0.2) is 0 Å². The van der Waals surface area contributed by atoms with Gasteiger partial charge < -0.3 is 5.73 Å². The van der Waals surface area contributed by atoms with E-state index in [9.17, 15) is 0 Å². The third-order valence-corrected chi connectivity index (χ3v) is 2.48. The fourth-order valence-corrected chi connectivity index (χ4v) is 1.60. The average Bonchev–Trinajstić information content (AvgIpc) is 2.05. The van der Waals surface area contributed by atoms with Gasteiger partial charge in [-0.25, -0.2) is 0 Å². The Balaban J connectivity index is 2.87. The predicted molar refractivity (Wildman–Crippen MR) is 57.6 cm³/mol. The number of nitrogens with two attached hydrogens (primary N) is 1. The molecule has 0 aliphatic carbocycles. The molecule has 0 aromatic heterocycles. The van der Waals surface area contributed by atoms with E-state index < -0.39 is 0 Å². The highest BCUT2D eigenvalue weighted by atomic mass is 14.7. The van der Waals surface area contributed by atoms with Crippen LogP contribution in [0.5, 0.6) is 0 Å². The average molecular weight is 177 g/mol. The van der Waals surface area contributed by atoms with Gasteiger partial charge in [-0.3, -0.25) is 0 Å². The summed E-state index contributed by atoms with van der Waals surface area (Å²) in [5.41, 5.74) is 8.56. The lowest BCUT2D eigenvalue weighted by molar-refractivity contribution is 0.446. The Morgan fingerprint density at radius 2 is 1.77 bits per heavy atom. The van der Waals surface area contributed by atoms with Gasteiger partial charge in [-0.05, 0) is 25.8 Å². The van der Waals surface area contributed by atoms with Crippen LogP contribution in [0.4, 0.5) is 0 Å². The molecule has 13 heavy (non-hydrogen) atoms. The molecule has 2 N–H and O–H groups in total. The Kier molecular flexibility index (Phi) is 3.10. The molecule has 1 nitrogen and oxygen atoms in total. The van der Waals surface area contributed by atoms with Crippen molar-refractivity contribution >= 4 is 0 Å². The first kappa shape index (κ1) is 10.3. The minimum Gasteiger partial charge on any atom is -0.322 e. The maximum Gasteiger partial charge on any atom is 0.0380 e. The second-order valence-electron chi connectivity index (χ2n) is 4.03. The van der Waals surface area contributed by atoms with Crippen molar-refractivity contribution in [3.05, 3.63) is 35.4 Å². The van der Waals surface area contributed by atoms with Gasteiger partial charge in [-0.2, -0.15) is 0 Å². The van der Waals surface area contributed by atoms with Crippen LogP contribution in [-0.4, -0.2) is 0 Å². The van der Waals surface area contributed by atoms with Gasteiger partial charge in [0, 0.05) is 5.54 Å². The highest BCUT2D eigenvalue weighted by Gasteiger charge is 2.18. The topological polar surface area (TPSA) is 26.0 Å². The summed E-state index contributed by atoms with van der Waals surface area (Å²) in [5.74, 6) is 0. The molecule has 72 valence electrons. The SMILES string of the molecule is CCCC(C)(N)c1ccc(C)cc1. The minimum absolute atomic E-state index is 0.164. The Bertz CT molecular complexity index is 259. The van der Waals surface area contributed by atoms with Crippen molar-refractivity contribution in [3.8, 4) is 0 Å². The summed E-state index contributed by atoms with van der Waals surface area (Å²) in [6.07, 6.45) is 2.16. The van der Waals surface area contributed by atoms with Crippen molar-refractivity contribution in [2.45, 2.75) is 39.2 Å². The monoisotopic (exact) mass is 177 g/mol. The smallest absolute Gasteiger partial charge is 0.0380 e. The van der Waals surface area contributed by atoms with E-state index >= 15 is 0 Å². The van der Waals surface area contributed by atoms with Crippen LogP contribution in [0.1, 0.15) is 37.8 Å². The van der Waals surface area contributed by atoms with Crippen LogP contribution < -0.4 is 5.73 Å². The number of benzene rings is 1. The highest BCUT2D eigenvalue weighted by molar-refractivity contribution is 5.26. The molecule has 0 bridgehead atoms. The van der Waals surface area contributed by atoms with Crippen molar-refractivity contribution in [2.75, 3.05) is 0 Å². The summed E-state index contributed by atoms with van der Waals surface area (Å²) < 4.78 is 0. The molecule has 0 saturated heterocycles. The highest BCUT2D eigenvalue weighted by Crippen LogP contribution is 2.22. The molecule has 0 aliphatic rings. The molecular formula is C12H19N. The quantitative estimate of drug-likeness (QED) is 0.754. The third-order valence-electron chi connectivity index (χ3n) is 2.48. The third kappa shape index (κ3) is 2.56. The molecule has 0 heterocycles. The van der Waals surface area contributed by atoms with Crippen LogP contribution in [0.25, 0.3) is 0 Å². The van der Waals surface area contributed by atoms with Crippen molar-refractivity contribution < 1.29 is 0 Å². The molecule has 0 saturated carbocycles. The van der Waals surface area contributed by atoms with Crippen LogP contribution in [-0.2, 0) is 5.54 Å². The maximum absolute atomic E-state index is 6.20. The fraction of sp³-hybridized carbons (Fsp3) is 0.500. The predicted octanol–water partition coefficient (Wildman–Crippen LogP) is 2.97. The Hall–Kier alpha value is -0.820. The fourth-order valence-electron chi connectivity index (χ4n) is 1.60. The van der Waals surface area contributed by atoms with E-state index in [4.69, 9.17) is 5.73 Å². The van der Waals surface area contributed by atoms with Gasteiger partial charge >= 0.3 is 0 Å². The zero-order valence-corrected chi connectivity index (χ0v) is 8.80. The van der Waals surface area contributed by atoms with Crippen LogP contribution in [0.2, 0.25) is 0 Å². The second kappa shape index (κ2) is 3.93. The lowest BCUT2D eigenvalue weighted by Crippen LogP contribution is -2.32. The van der Waals surface area contributed by atoms with E-state index in [0.29, 0.717) is 0 Å². The zero-order chi connectivity index (χ0) is 9.90. The molecule has 0 amide bonds. The molecule has 0 aliphatic heterocycles. The van der Waals surface area contributed by atoms with Gasteiger partial charge in [-0.15, -0.1) is 0 Å². The summed E-state index contributed by atoms with van der Waals surface area (Å²) in [6, 6.07) is 8.50. The Morgan fingerprint density at radius 3 is 2.23 bits per heavy atom. The van der Waals surface area contributed by atoms with Crippen molar-refractivity contribution in [2.24, 2.45) is 5.73 Å². The summed E-state index contributed by atoms with van der Waals surface area (Å²) in [7, 11) is 0. The lowest BCUT2D eigenvalue weighted by Gasteiger charge is -2.24. The lowest BCUT2D eigenvalue weighted by atomic mass is 9.88. The van der Waals surface area contributed by atoms with Crippen molar-refractivity contribution in [1.29, 1.82) is 0 Å². The van der Waals surface area contributed by atoms with E-state index in [-0.39, 0.29) is 5.54 Å². The number of aryl methyl sites for hydroxylation is 1. The second-order valence-corrected chi connectivity index (χ2v) is 4.03. The largest absolute Gasteiger partial charge is 0.322 e. The zero-order valence-electron chi connectivity index (χ0n) is 8.80. The van der Waals surface area contributed by atoms with Crippen LogP contribution >= 0.6 is 0 Å². The molecule has 0 spiro atoms. The molecular weight excluding hydrogens is 158 g/mol. The normalized spacial score (nSPS) is 15.4. The molecule has 0 fully saturated rings. The van der Waals surface area contributed by atoms with Gasteiger partial charge in [0.1, 0.15) is 0 Å². The molecule has 1 atom stereocenters. The van der Waals surface area contributed by atoms with Gasteiger partial charge in [0.25, 0.3) is 0 Å². The Morgan fingerprint density at radius 1 is 1.23 bits per heavy atom. The number of hydrogen-bond donors (Lipinski definition) is 1. The summed E-state index contributed by atoms with van der Waals surface area (Å²) in [4.78, 5) is 0. The number of hydrogen-bond acceptors (Lipinski definition) is 1. The van der Waals surface area contributed by atoms with Gasteiger partial charge in [0.2, 0.25) is 0 Å². The summed E-state index contributed by atoms with van der Waals surface area (Å²) >= 11 is 0. The first-order valence-electron chi connectivity index (χ1n) is 4.92. The van der Waals surface area contributed by atoms with Crippen LogP contribution in [0.15, 0.2) is 24.3 Å². The Labute approximate surface area is 81.0 Å². The van der Waals surface area contributed by atoms with E-state index in [1.165, 1.54) is 11.1 Å². The summed E-state index contributed by atoms with van der Waals surface area (Å²) in [6.45, 7) is 6.36. The first-order chi connectivity index (χ1) is 6.06. The van der Waals surface area contributed by atoms with Gasteiger partial charge in [-0.1, -0.05) is 43.2 Å². The molecule has 1 unspecified atom stereocenters. The molecule has 0 radical (unpaired) electrons.